The van der Waals surface area contributed by atoms with Gasteiger partial charge in [0.05, 0.1) is 5.69 Å². The number of piperidine rings is 1. The third-order valence-electron chi connectivity index (χ3n) is 7.06. The number of nitrogens with zero attached hydrogens (tertiary/aromatic N) is 3. The molecule has 0 unspecified atom stereocenters. The van der Waals surface area contributed by atoms with Crippen LogP contribution in [-0.2, 0) is 18.3 Å². The average molecular weight is 408 g/mol. The minimum absolute atomic E-state index is 0.0307. The van der Waals surface area contributed by atoms with Crippen molar-refractivity contribution in [3.05, 3.63) is 50.9 Å². The SMILES string of the molecule is CN(C)C(=O)c1ccc2c(c1)C1(CCN(c3nc4c(c(=O)[nH]3)CCCC4)CC1)CN2. The van der Waals surface area contributed by atoms with Gasteiger partial charge in [-0.15, -0.1) is 0 Å². The molecule has 0 bridgehead atoms. The Kier molecular flexibility index (Phi) is 4.56. The minimum atomic E-state index is 0.0307. The lowest BCUT2D eigenvalue weighted by Gasteiger charge is -2.40. The fourth-order valence-corrected chi connectivity index (χ4v) is 5.22. The van der Waals surface area contributed by atoms with Crippen LogP contribution in [0.5, 0.6) is 0 Å². The Morgan fingerprint density at radius 3 is 2.70 bits per heavy atom. The number of aromatic nitrogens is 2. The van der Waals surface area contributed by atoms with Crippen molar-refractivity contribution in [1.82, 2.24) is 14.9 Å². The van der Waals surface area contributed by atoms with Crippen molar-refractivity contribution in [3.8, 4) is 0 Å². The quantitative estimate of drug-likeness (QED) is 0.799. The molecule has 2 N–H and O–H groups in total. The lowest BCUT2D eigenvalue weighted by atomic mass is 9.74. The predicted molar refractivity (Wildman–Crippen MR) is 118 cm³/mol. The highest BCUT2D eigenvalue weighted by Crippen LogP contribution is 2.44. The van der Waals surface area contributed by atoms with E-state index in [1.807, 2.05) is 12.1 Å². The second-order valence-corrected chi connectivity index (χ2v) is 9.10. The van der Waals surface area contributed by atoms with Crippen LogP contribution in [0.4, 0.5) is 11.6 Å². The maximum Gasteiger partial charge on any atom is 0.255 e. The van der Waals surface area contributed by atoms with Crippen LogP contribution >= 0.6 is 0 Å². The summed E-state index contributed by atoms with van der Waals surface area (Å²) in [6.45, 7) is 2.58. The van der Waals surface area contributed by atoms with Crippen LogP contribution in [0.15, 0.2) is 23.0 Å². The molecule has 1 saturated heterocycles. The molecule has 2 aromatic rings. The molecule has 3 aliphatic rings. The fraction of sp³-hybridized carbons (Fsp3) is 0.522. The van der Waals surface area contributed by atoms with E-state index in [0.29, 0.717) is 0 Å². The summed E-state index contributed by atoms with van der Waals surface area (Å²) in [6, 6.07) is 6.02. The van der Waals surface area contributed by atoms with Crippen LogP contribution in [0.2, 0.25) is 0 Å². The zero-order valence-corrected chi connectivity index (χ0v) is 17.8. The first-order chi connectivity index (χ1) is 14.5. The molecule has 2 aliphatic heterocycles. The summed E-state index contributed by atoms with van der Waals surface area (Å²) >= 11 is 0. The van der Waals surface area contributed by atoms with Crippen LogP contribution in [0.3, 0.4) is 0 Å². The summed E-state index contributed by atoms with van der Waals surface area (Å²) in [4.78, 5) is 36.7. The van der Waals surface area contributed by atoms with E-state index in [0.717, 1.165) is 86.6 Å². The number of anilines is 2. The van der Waals surface area contributed by atoms with Crippen LogP contribution in [0.1, 0.15) is 52.9 Å². The van der Waals surface area contributed by atoms with Gasteiger partial charge in [-0.25, -0.2) is 4.98 Å². The second-order valence-electron chi connectivity index (χ2n) is 9.10. The summed E-state index contributed by atoms with van der Waals surface area (Å²) in [7, 11) is 3.57. The number of H-pyrrole nitrogens is 1. The summed E-state index contributed by atoms with van der Waals surface area (Å²) in [5.74, 6) is 0.756. The number of aryl methyl sites for hydroxylation is 1. The molecule has 0 radical (unpaired) electrons. The number of rotatable bonds is 2. The highest BCUT2D eigenvalue weighted by Gasteiger charge is 2.42. The molecule has 0 atom stereocenters. The Balaban J connectivity index is 1.38. The number of carbonyl (C=O) groups is 1. The van der Waals surface area contributed by atoms with E-state index in [4.69, 9.17) is 4.98 Å². The molecule has 1 spiro atoms. The largest absolute Gasteiger partial charge is 0.384 e. The van der Waals surface area contributed by atoms with Crippen molar-refractivity contribution >= 4 is 17.5 Å². The molecule has 5 rings (SSSR count). The number of hydrogen-bond donors (Lipinski definition) is 2. The van der Waals surface area contributed by atoms with Crippen molar-refractivity contribution < 1.29 is 4.79 Å². The third-order valence-corrected chi connectivity index (χ3v) is 7.06. The monoisotopic (exact) mass is 407 g/mol. The van der Waals surface area contributed by atoms with Crippen LogP contribution in [-0.4, -0.2) is 54.5 Å². The van der Waals surface area contributed by atoms with Gasteiger partial charge in [0.15, 0.2) is 0 Å². The predicted octanol–water partition coefficient (Wildman–Crippen LogP) is 2.31. The molecule has 1 amide bonds. The van der Waals surface area contributed by atoms with Gasteiger partial charge in [0.25, 0.3) is 11.5 Å². The van der Waals surface area contributed by atoms with Crippen molar-refractivity contribution in [2.45, 2.75) is 43.9 Å². The summed E-state index contributed by atoms with van der Waals surface area (Å²) in [5, 5.41) is 3.54. The van der Waals surface area contributed by atoms with Gasteiger partial charge in [-0.05, 0) is 62.3 Å². The van der Waals surface area contributed by atoms with E-state index in [2.05, 4.69) is 21.3 Å². The molecular formula is C23H29N5O2. The Morgan fingerprint density at radius 1 is 1.17 bits per heavy atom. The third kappa shape index (κ3) is 3.07. The molecule has 1 fully saturated rings. The van der Waals surface area contributed by atoms with E-state index < -0.39 is 0 Å². The molecule has 7 nitrogen and oxygen atoms in total. The molecular weight excluding hydrogens is 378 g/mol. The highest BCUT2D eigenvalue weighted by molar-refractivity contribution is 5.95. The summed E-state index contributed by atoms with van der Waals surface area (Å²) < 4.78 is 0. The van der Waals surface area contributed by atoms with Gasteiger partial charge in [-0.2, -0.15) is 0 Å². The highest BCUT2D eigenvalue weighted by atomic mass is 16.2. The smallest absolute Gasteiger partial charge is 0.255 e. The van der Waals surface area contributed by atoms with E-state index in [1.54, 1.807) is 19.0 Å². The number of aromatic amines is 1. The molecule has 30 heavy (non-hydrogen) atoms. The topological polar surface area (TPSA) is 81.3 Å². The lowest BCUT2D eigenvalue weighted by Crippen LogP contribution is -2.45. The first-order valence-electron chi connectivity index (χ1n) is 10.9. The van der Waals surface area contributed by atoms with Gasteiger partial charge in [-0.3, -0.25) is 14.6 Å². The maximum atomic E-state index is 12.5. The number of benzene rings is 1. The van der Waals surface area contributed by atoms with Crippen LogP contribution < -0.4 is 15.8 Å². The van der Waals surface area contributed by atoms with Crippen molar-refractivity contribution in [1.29, 1.82) is 0 Å². The van der Waals surface area contributed by atoms with Crippen molar-refractivity contribution in [2.75, 3.05) is 43.9 Å². The molecule has 1 aliphatic carbocycles. The fourth-order valence-electron chi connectivity index (χ4n) is 5.22. The first kappa shape index (κ1) is 19.2. The van der Waals surface area contributed by atoms with Gasteiger partial charge < -0.3 is 15.1 Å². The number of amides is 1. The average Bonchev–Trinajstić information content (AvgIpc) is 3.11. The molecule has 0 saturated carbocycles. The Labute approximate surface area is 176 Å². The minimum Gasteiger partial charge on any atom is -0.384 e. The Bertz CT molecular complexity index is 1050. The zero-order chi connectivity index (χ0) is 20.9. The van der Waals surface area contributed by atoms with Crippen molar-refractivity contribution in [3.63, 3.8) is 0 Å². The number of nitrogens with one attached hydrogen (secondary N) is 2. The Morgan fingerprint density at radius 2 is 1.93 bits per heavy atom. The van der Waals surface area contributed by atoms with E-state index in [9.17, 15) is 9.59 Å². The molecule has 7 heteroatoms. The molecule has 1 aromatic carbocycles. The molecule has 158 valence electrons. The standard InChI is InChI=1S/C23H29N5O2/c1-27(2)21(30)15-7-8-19-17(13-15)23(14-24-19)9-11-28(12-10-23)22-25-18-6-4-3-5-16(18)20(29)26-22/h7-8,13,24H,3-6,9-12,14H2,1-2H3,(H,25,26,29). The summed E-state index contributed by atoms with van der Waals surface area (Å²) in [6.07, 6.45) is 5.87. The number of fused-ring (bicyclic) bond motifs is 3. The van der Waals surface area contributed by atoms with E-state index in [-0.39, 0.29) is 16.9 Å². The van der Waals surface area contributed by atoms with Gasteiger partial charge in [-0.1, -0.05) is 0 Å². The normalized spacial score (nSPS) is 19.2. The van der Waals surface area contributed by atoms with E-state index in [1.165, 1.54) is 5.56 Å². The van der Waals surface area contributed by atoms with Gasteiger partial charge >= 0.3 is 0 Å². The van der Waals surface area contributed by atoms with Crippen molar-refractivity contribution in [2.24, 2.45) is 0 Å². The number of hydrogen-bond acceptors (Lipinski definition) is 5. The maximum absolute atomic E-state index is 12.5. The van der Waals surface area contributed by atoms with Gasteiger partial charge in [0.1, 0.15) is 0 Å². The van der Waals surface area contributed by atoms with Crippen LogP contribution in [0.25, 0.3) is 0 Å². The molecule has 1 aromatic heterocycles. The zero-order valence-electron chi connectivity index (χ0n) is 17.8. The molecule has 3 heterocycles. The Hall–Kier alpha value is -2.83. The van der Waals surface area contributed by atoms with Gasteiger partial charge in [0, 0.05) is 56.0 Å². The van der Waals surface area contributed by atoms with Gasteiger partial charge in [0.2, 0.25) is 5.95 Å². The lowest BCUT2D eigenvalue weighted by molar-refractivity contribution is 0.0827. The first-order valence-corrected chi connectivity index (χ1v) is 10.9. The van der Waals surface area contributed by atoms with Crippen LogP contribution in [0, 0.1) is 0 Å². The van der Waals surface area contributed by atoms with E-state index >= 15 is 0 Å². The number of carbonyl (C=O) groups excluding carboxylic acids is 1. The summed E-state index contributed by atoms with van der Waals surface area (Å²) in [5.41, 5.74) is 5.06. The second kappa shape index (κ2) is 7.15.